The minimum atomic E-state index is -0.323. The van der Waals surface area contributed by atoms with Crippen molar-refractivity contribution in [3.05, 3.63) is 59.4 Å². The summed E-state index contributed by atoms with van der Waals surface area (Å²) >= 11 is 0. The topological polar surface area (TPSA) is 17.1 Å². The third-order valence-electron chi connectivity index (χ3n) is 3.42. The lowest BCUT2D eigenvalue weighted by Gasteiger charge is -2.20. The lowest BCUT2D eigenvalue weighted by molar-refractivity contribution is -0.107. The van der Waals surface area contributed by atoms with E-state index in [1.807, 2.05) is 18.2 Å². The van der Waals surface area contributed by atoms with Crippen LogP contribution in [-0.2, 0) is 16.6 Å². The number of carbonyl (C=O) groups excluding carboxylic acids is 1. The first-order valence-corrected chi connectivity index (χ1v) is 6.75. The minimum Gasteiger partial charge on any atom is -0.303 e. The summed E-state index contributed by atoms with van der Waals surface area (Å²) in [4.78, 5) is 10.5. The predicted octanol–water partition coefficient (Wildman–Crippen LogP) is 4.53. The molecule has 0 saturated carbocycles. The number of benzene rings is 2. The Balaban J connectivity index is 2.42. The molecule has 0 aliphatic rings. The molecule has 0 radical (unpaired) electrons. The normalized spacial score (nSPS) is 11.4. The highest BCUT2D eigenvalue weighted by Gasteiger charge is 2.14. The lowest BCUT2D eigenvalue weighted by Crippen LogP contribution is -2.10. The Morgan fingerprint density at radius 1 is 1.05 bits per heavy atom. The fraction of sp³-hybridized carbons (Fsp3) is 0.278. The highest BCUT2D eigenvalue weighted by Crippen LogP contribution is 2.28. The molecule has 0 amide bonds. The van der Waals surface area contributed by atoms with Crippen LogP contribution >= 0.6 is 0 Å². The van der Waals surface area contributed by atoms with Crippen molar-refractivity contribution in [2.24, 2.45) is 0 Å². The van der Waals surface area contributed by atoms with Crippen LogP contribution in [-0.4, -0.2) is 6.29 Å². The first-order chi connectivity index (χ1) is 9.41. The minimum absolute atomic E-state index is 0.0615. The van der Waals surface area contributed by atoms with E-state index in [1.165, 1.54) is 11.6 Å². The van der Waals surface area contributed by atoms with Gasteiger partial charge in [0.1, 0.15) is 12.1 Å². The second-order valence-corrected chi connectivity index (χ2v) is 6.01. The van der Waals surface area contributed by atoms with Crippen LogP contribution in [0.1, 0.15) is 31.9 Å². The van der Waals surface area contributed by atoms with E-state index >= 15 is 0 Å². The summed E-state index contributed by atoms with van der Waals surface area (Å²) in [5.74, 6) is -0.323. The maximum Gasteiger partial charge on any atom is 0.127 e. The van der Waals surface area contributed by atoms with Gasteiger partial charge in [-0.05, 0) is 33.7 Å². The summed E-state index contributed by atoms with van der Waals surface area (Å²) in [6.07, 6.45) is 0.840. The molecule has 104 valence electrons. The van der Waals surface area contributed by atoms with Gasteiger partial charge in [-0.1, -0.05) is 57.2 Å². The monoisotopic (exact) mass is 270 g/mol. The van der Waals surface area contributed by atoms with Gasteiger partial charge in [0.15, 0.2) is 0 Å². The molecule has 0 bridgehead atoms. The summed E-state index contributed by atoms with van der Waals surface area (Å²) in [5, 5.41) is 0. The Morgan fingerprint density at radius 3 is 2.35 bits per heavy atom. The van der Waals surface area contributed by atoms with Gasteiger partial charge in [-0.15, -0.1) is 0 Å². The molecule has 20 heavy (non-hydrogen) atoms. The van der Waals surface area contributed by atoms with Crippen molar-refractivity contribution in [1.82, 2.24) is 0 Å². The van der Waals surface area contributed by atoms with Gasteiger partial charge in [-0.25, -0.2) is 4.39 Å². The molecule has 1 nitrogen and oxygen atoms in total. The van der Waals surface area contributed by atoms with Crippen LogP contribution in [0.4, 0.5) is 4.39 Å². The largest absolute Gasteiger partial charge is 0.303 e. The summed E-state index contributed by atoms with van der Waals surface area (Å²) in [6, 6.07) is 13.2. The standard InChI is InChI=1S/C18H19FO/c1-18(2,3)16-6-4-5-14(11-16)15-8-7-13(9-10-20)17(19)12-15/h4-8,10-12H,9H2,1-3H3. The molecule has 0 atom stereocenters. The third kappa shape index (κ3) is 3.13. The van der Waals surface area contributed by atoms with Crippen LogP contribution in [0.3, 0.4) is 0 Å². The van der Waals surface area contributed by atoms with E-state index < -0.39 is 0 Å². The third-order valence-corrected chi connectivity index (χ3v) is 3.42. The van der Waals surface area contributed by atoms with Gasteiger partial charge >= 0.3 is 0 Å². The summed E-state index contributed by atoms with van der Waals surface area (Å²) in [7, 11) is 0. The Morgan fingerprint density at radius 2 is 1.75 bits per heavy atom. The molecule has 0 fully saturated rings. The maximum atomic E-state index is 13.9. The van der Waals surface area contributed by atoms with E-state index in [4.69, 9.17) is 0 Å². The highest BCUT2D eigenvalue weighted by molar-refractivity contribution is 5.66. The number of hydrogen-bond acceptors (Lipinski definition) is 1. The second-order valence-electron chi connectivity index (χ2n) is 6.01. The Labute approximate surface area is 119 Å². The number of halogens is 1. The molecule has 0 aliphatic carbocycles. The van der Waals surface area contributed by atoms with Gasteiger partial charge in [0.25, 0.3) is 0 Å². The molecule has 0 spiro atoms. The zero-order valence-corrected chi connectivity index (χ0v) is 12.1. The van der Waals surface area contributed by atoms with Crippen molar-refractivity contribution in [1.29, 1.82) is 0 Å². The fourth-order valence-corrected chi connectivity index (χ4v) is 2.15. The fourth-order valence-electron chi connectivity index (χ4n) is 2.15. The quantitative estimate of drug-likeness (QED) is 0.749. The number of aldehydes is 1. The summed E-state index contributed by atoms with van der Waals surface area (Å²) in [6.45, 7) is 6.46. The van der Waals surface area contributed by atoms with Crippen LogP contribution in [0.25, 0.3) is 11.1 Å². The zero-order chi connectivity index (χ0) is 14.8. The Hall–Kier alpha value is -1.96. The molecule has 2 rings (SSSR count). The smallest absolute Gasteiger partial charge is 0.127 e. The molecule has 2 aromatic rings. The average molecular weight is 270 g/mol. The van der Waals surface area contributed by atoms with E-state index in [2.05, 4.69) is 32.9 Å². The van der Waals surface area contributed by atoms with Crippen LogP contribution in [0.15, 0.2) is 42.5 Å². The van der Waals surface area contributed by atoms with Crippen LogP contribution < -0.4 is 0 Å². The molecule has 0 saturated heterocycles. The van der Waals surface area contributed by atoms with Crippen molar-refractivity contribution in [3.8, 4) is 11.1 Å². The highest BCUT2D eigenvalue weighted by atomic mass is 19.1. The molecular weight excluding hydrogens is 251 g/mol. The van der Waals surface area contributed by atoms with Gasteiger partial charge in [0.2, 0.25) is 0 Å². The summed E-state index contributed by atoms with van der Waals surface area (Å²) < 4.78 is 13.9. The zero-order valence-electron chi connectivity index (χ0n) is 12.1. The predicted molar refractivity (Wildman–Crippen MR) is 80.3 cm³/mol. The van der Waals surface area contributed by atoms with Crippen LogP contribution in [0.5, 0.6) is 0 Å². The van der Waals surface area contributed by atoms with Gasteiger partial charge < -0.3 is 4.79 Å². The Kier molecular flexibility index (Phi) is 4.03. The Bertz CT molecular complexity index is 624. The second kappa shape index (κ2) is 5.58. The molecule has 2 heteroatoms. The molecular formula is C18H19FO. The van der Waals surface area contributed by atoms with E-state index in [0.29, 0.717) is 5.56 Å². The van der Waals surface area contributed by atoms with Crippen LogP contribution in [0.2, 0.25) is 0 Å². The van der Waals surface area contributed by atoms with Crippen molar-refractivity contribution >= 4 is 6.29 Å². The first-order valence-electron chi connectivity index (χ1n) is 6.75. The number of hydrogen-bond donors (Lipinski definition) is 0. The average Bonchev–Trinajstić information content (AvgIpc) is 2.40. The first kappa shape index (κ1) is 14.4. The lowest BCUT2D eigenvalue weighted by atomic mass is 9.85. The van der Waals surface area contributed by atoms with Gasteiger partial charge in [0.05, 0.1) is 0 Å². The van der Waals surface area contributed by atoms with Crippen molar-refractivity contribution in [2.75, 3.05) is 0 Å². The molecule has 0 aromatic heterocycles. The molecule has 2 aromatic carbocycles. The number of carbonyl (C=O) groups is 1. The van der Waals surface area contributed by atoms with E-state index in [9.17, 15) is 9.18 Å². The van der Waals surface area contributed by atoms with Crippen molar-refractivity contribution in [3.63, 3.8) is 0 Å². The van der Waals surface area contributed by atoms with E-state index in [-0.39, 0.29) is 17.7 Å². The molecule has 0 N–H and O–H groups in total. The SMILES string of the molecule is CC(C)(C)c1cccc(-c2ccc(CC=O)c(F)c2)c1. The molecule has 0 unspecified atom stereocenters. The molecule has 0 aliphatic heterocycles. The van der Waals surface area contributed by atoms with Gasteiger partial charge in [-0.3, -0.25) is 0 Å². The van der Waals surface area contributed by atoms with Crippen LogP contribution in [0, 0.1) is 5.82 Å². The summed E-state index contributed by atoms with van der Waals surface area (Å²) in [5.41, 5.74) is 3.55. The maximum absolute atomic E-state index is 13.9. The van der Waals surface area contributed by atoms with Crippen molar-refractivity contribution < 1.29 is 9.18 Å². The molecule has 0 heterocycles. The van der Waals surface area contributed by atoms with Gasteiger partial charge in [0, 0.05) is 6.42 Å². The van der Waals surface area contributed by atoms with Crippen molar-refractivity contribution in [2.45, 2.75) is 32.6 Å². The van der Waals surface area contributed by atoms with E-state index in [1.54, 1.807) is 6.07 Å². The van der Waals surface area contributed by atoms with Gasteiger partial charge in [-0.2, -0.15) is 0 Å². The van der Waals surface area contributed by atoms with E-state index in [0.717, 1.165) is 17.4 Å². The number of rotatable bonds is 3.